The molecule has 1 saturated heterocycles. The van der Waals surface area contributed by atoms with Crippen molar-refractivity contribution in [1.82, 2.24) is 5.32 Å². The molecular formula is C20H28BBrFNO4. The van der Waals surface area contributed by atoms with Gasteiger partial charge in [0.1, 0.15) is 11.4 Å². The van der Waals surface area contributed by atoms with Crippen molar-refractivity contribution in [2.24, 2.45) is 0 Å². The molecule has 1 heterocycles. The summed E-state index contributed by atoms with van der Waals surface area (Å²) < 4.78 is 32.4. The Morgan fingerprint density at radius 1 is 1.25 bits per heavy atom. The molecule has 1 fully saturated rings. The van der Waals surface area contributed by atoms with Crippen LogP contribution in [0.5, 0.6) is 0 Å². The summed E-state index contributed by atoms with van der Waals surface area (Å²) in [5.41, 5.74) is -0.801. The fraction of sp³-hybridized carbons (Fsp3) is 0.550. The van der Waals surface area contributed by atoms with Gasteiger partial charge in [-0.15, -0.1) is 0 Å². The first-order valence-corrected chi connectivity index (χ1v) is 9.98. The summed E-state index contributed by atoms with van der Waals surface area (Å²) in [6.07, 6.45) is 1.07. The molecule has 0 aromatic heterocycles. The highest BCUT2D eigenvalue weighted by molar-refractivity contribution is 9.10. The summed E-state index contributed by atoms with van der Waals surface area (Å²) in [5, 5.41) is 2.70. The van der Waals surface area contributed by atoms with E-state index in [-0.39, 0.29) is 12.4 Å². The quantitative estimate of drug-likeness (QED) is 0.639. The van der Waals surface area contributed by atoms with Crippen molar-refractivity contribution in [3.05, 3.63) is 39.5 Å². The molecule has 8 heteroatoms. The summed E-state index contributed by atoms with van der Waals surface area (Å²) >= 11 is 3.37. The van der Waals surface area contributed by atoms with Crippen molar-refractivity contribution < 1.29 is 23.2 Å². The van der Waals surface area contributed by atoms with Gasteiger partial charge < -0.3 is 19.4 Å². The van der Waals surface area contributed by atoms with Crippen molar-refractivity contribution in [2.45, 2.75) is 65.3 Å². The lowest BCUT2D eigenvalue weighted by molar-refractivity contribution is 0.00578. The van der Waals surface area contributed by atoms with E-state index in [0.717, 1.165) is 0 Å². The number of halogens is 2. The molecule has 1 aromatic rings. The van der Waals surface area contributed by atoms with Crippen LogP contribution in [0.15, 0.2) is 28.1 Å². The summed E-state index contributed by atoms with van der Waals surface area (Å²) in [7, 11) is -0.730. The zero-order valence-electron chi connectivity index (χ0n) is 17.5. The molecular weight excluding hydrogens is 428 g/mol. The number of alkyl carbamates (subject to hydrolysis) is 1. The smallest absolute Gasteiger partial charge is 0.444 e. The van der Waals surface area contributed by atoms with Crippen LogP contribution in [0, 0.1) is 5.82 Å². The number of rotatable bonds is 4. The summed E-state index contributed by atoms with van der Waals surface area (Å²) in [6, 6.07) is 4.74. The van der Waals surface area contributed by atoms with Crippen LogP contribution in [0.4, 0.5) is 9.18 Å². The highest BCUT2D eigenvalue weighted by Gasteiger charge is 2.52. The molecule has 0 radical (unpaired) electrons. The van der Waals surface area contributed by atoms with Gasteiger partial charge in [0.15, 0.2) is 0 Å². The molecule has 1 aliphatic heterocycles. The van der Waals surface area contributed by atoms with Crippen LogP contribution in [-0.4, -0.2) is 36.6 Å². The third-order valence-electron chi connectivity index (χ3n) is 4.72. The maximum absolute atomic E-state index is 14.4. The van der Waals surface area contributed by atoms with Crippen molar-refractivity contribution in [1.29, 1.82) is 0 Å². The van der Waals surface area contributed by atoms with Crippen LogP contribution in [0.2, 0.25) is 0 Å². The van der Waals surface area contributed by atoms with E-state index >= 15 is 0 Å². The Kier molecular flexibility index (Phi) is 6.68. The molecule has 154 valence electrons. The van der Waals surface area contributed by atoms with Crippen LogP contribution in [0.3, 0.4) is 0 Å². The standard InChI is InChI=1S/C20H28BBrFNO4/c1-18(2,3)26-17(25)24-12-13(11-14-15(22)9-8-10-16(14)23)21-27-19(4,5)20(6,7)28-21/h8-11H,12H2,1-7H3,(H,24,25). The fourth-order valence-corrected chi connectivity index (χ4v) is 2.98. The summed E-state index contributed by atoms with van der Waals surface area (Å²) in [4.78, 5) is 12.1. The molecule has 0 aliphatic carbocycles. The molecule has 5 nitrogen and oxygen atoms in total. The number of carbonyl (C=O) groups excluding carboxylic acids is 1. The average molecular weight is 456 g/mol. The average Bonchev–Trinajstić information content (AvgIpc) is 2.72. The molecule has 0 unspecified atom stereocenters. The van der Waals surface area contributed by atoms with E-state index in [0.29, 0.717) is 15.5 Å². The number of ether oxygens (including phenoxy) is 1. The second kappa shape index (κ2) is 8.16. The topological polar surface area (TPSA) is 56.8 Å². The van der Waals surface area contributed by atoms with E-state index in [4.69, 9.17) is 14.0 Å². The van der Waals surface area contributed by atoms with E-state index in [1.165, 1.54) is 6.07 Å². The molecule has 0 saturated carbocycles. The normalized spacial score (nSPS) is 18.9. The van der Waals surface area contributed by atoms with Gasteiger partial charge in [0.2, 0.25) is 0 Å². The van der Waals surface area contributed by atoms with Gasteiger partial charge in [-0.3, -0.25) is 0 Å². The van der Waals surface area contributed by atoms with Crippen LogP contribution >= 0.6 is 15.9 Å². The lowest BCUT2D eigenvalue weighted by atomic mass is 9.77. The number of benzene rings is 1. The van der Waals surface area contributed by atoms with E-state index in [9.17, 15) is 9.18 Å². The number of amides is 1. The largest absolute Gasteiger partial charge is 0.492 e. The predicted molar refractivity (Wildman–Crippen MR) is 112 cm³/mol. The van der Waals surface area contributed by atoms with E-state index in [1.807, 2.05) is 27.7 Å². The van der Waals surface area contributed by atoms with Gasteiger partial charge in [-0.05, 0) is 66.1 Å². The molecule has 1 N–H and O–H groups in total. The second-order valence-electron chi connectivity index (χ2n) is 8.80. The Morgan fingerprint density at radius 2 is 1.82 bits per heavy atom. The van der Waals surface area contributed by atoms with Crippen LogP contribution in [0.25, 0.3) is 6.08 Å². The Labute approximate surface area is 175 Å². The first-order chi connectivity index (χ1) is 12.7. The first-order valence-electron chi connectivity index (χ1n) is 9.19. The molecule has 1 aromatic carbocycles. The highest BCUT2D eigenvalue weighted by atomic mass is 79.9. The van der Waals surface area contributed by atoms with Gasteiger partial charge in [0, 0.05) is 16.6 Å². The maximum Gasteiger partial charge on any atom is 0.492 e. The van der Waals surface area contributed by atoms with Crippen LogP contribution in [-0.2, 0) is 14.0 Å². The van der Waals surface area contributed by atoms with Crippen LogP contribution in [0.1, 0.15) is 54.0 Å². The Bertz CT molecular complexity index is 738. The fourth-order valence-electron chi connectivity index (χ4n) is 2.52. The molecule has 0 spiro atoms. The first kappa shape index (κ1) is 22.9. The number of carbonyl (C=O) groups is 1. The maximum atomic E-state index is 14.4. The molecule has 1 aliphatic rings. The second-order valence-corrected chi connectivity index (χ2v) is 9.65. The van der Waals surface area contributed by atoms with Gasteiger partial charge in [-0.1, -0.05) is 28.1 Å². The van der Waals surface area contributed by atoms with E-state index in [2.05, 4.69) is 21.2 Å². The van der Waals surface area contributed by atoms with Gasteiger partial charge >= 0.3 is 13.2 Å². The van der Waals surface area contributed by atoms with Crippen LogP contribution < -0.4 is 5.32 Å². The van der Waals surface area contributed by atoms with E-state index in [1.54, 1.807) is 39.0 Å². The van der Waals surface area contributed by atoms with E-state index < -0.39 is 30.0 Å². The molecule has 1 amide bonds. The Balaban J connectivity index is 2.32. The van der Waals surface area contributed by atoms with Gasteiger partial charge in [-0.25, -0.2) is 9.18 Å². The van der Waals surface area contributed by atoms with Crippen molar-refractivity contribution in [3.63, 3.8) is 0 Å². The zero-order valence-corrected chi connectivity index (χ0v) is 19.1. The van der Waals surface area contributed by atoms with Gasteiger partial charge in [0.05, 0.1) is 11.2 Å². The minimum Gasteiger partial charge on any atom is -0.444 e. The zero-order chi connectivity index (χ0) is 21.3. The lowest BCUT2D eigenvalue weighted by Crippen LogP contribution is -2.41. The van der Waals surface area contributed by atoms with Crippen molar-refractivity contribution >= 4 is 35.2 Å². The lowest BCUT2D eigenvalue weighted by Gasteiger charge is -2.32. The van der Waals surface area contributed by atoms with Gasteiger partial charge in [-0.2, -0.15) is 0 Å². The summed E-state index contributed by atoms with van der Waals surface area (Å²) in [5.74, 6) is -0.388. The molecule has 0 bridgehead atoms. The molecule has 28 heavy (non-hydrogen) atoms. The monoisotopic (exact) mass is 455 g/mol. The number of nitrogens with one attached hydrogen (secondary N) is 1. The number of hydrogen-bond donors (Lipinski definition) is 1. The van der Waals surface area contributed by atoms with Crippen molar-refractivity contribution in [2.75, 3.05) is 6.54 Å². The van der Waals surface area contributed by atoms with Crippen molar-refractivity contribution in [3.8, 4) is 0 Å². The summed E-state index contributed by atoms with van der Waals surface area (Å²) in [6.45, 7) is 13.2. The Hall–Kier alpha value is -1.38. The van der Waals surface area contributed by atoms with Gasteiger partial charge in [0.25, 0.3) is 0 Å². The Morgan fingerprint density at radius 3 is 2.32 bits per heavy atom. The highest BCUT2D eigenvalue weighted by Crippen LogP contribution is 2.39. The minimum absolute atomic E-state index is 0.0898. The molecule has 2 rings (SSSR count). The molecule has 0 atom stereocenters. The minimum atomic E-state index is -0.730. The SMILES string of the molecule is CC(C)(C)OC(=O)NCC(=Cc1c(F)cccc1Br)B1OC(C)(C)C(C)(C)O1. The predicted octanol–water partition coefficient (Wildman–Crippen LogP) is 5.13. The third-order valence-corrected chi connectivity index (χ3v) is 5.41. The number of hydrogen-bond acceptors (Lipinski definition) is 4. The third kappa shape index (κ3) is 5.58.